The van der Waals surface area contributed by atoms with E-state index < -0.39 is 0 Å². The Morgan fingerprint density at radius 1 is 1.16 bits per heavy atom. The zero-order valence-corrected chi connectivity index (χ0v) is 14.2. The fraction of sp³-hybridized carbons (Fsp3) is 0.368. The van der Waals surface area contributed by atoms with Crippen LogP contribution in [0.5, 0.6) is 5.75 Å². The second kappa shape index (κ2) is 6.72. The number of aromatic nitrogens is 3. The van der Waals surface area contributed by atoms with E-state index >= 15 is 0 Å². The Labute approximate surface area is 146 Å². The second-order valence-electron chi connectivity index (χ2n) is 6.51. The molecule has 6 heteroatoms. The monoisotopic (exact) mass is 338 g/mol. The van der Waals surface area contributed by atoms with Crippen molar-refractivity contribution in [1.82, 2.24) is 14.6 Å². The van der Waals surface area contributed by atoms with Crippen molar-refractivity contribution in [2.45, 2.75) is 37.8 Å². The fourth-order valence-electron chi connectivity index (χ4n) is 3.36. The highest BCUT2D eigenvalue weighted by molar-refractivity contribution is 5.65. The molecule has 0 radical (unpaired) electrons. The van der Waals surface area contributed by atoms with Gasteiger partial charge in [-0.25, -0.2) is 9.50 Å². The molecule has 1 aliphatic carbocycles. The highest BCUT2D eigenvalue weighted by Crippen LogP contribution is 2.25. The van der Waals surface area contributed by atoms with E-state index in [2.05, 4.69) is 10.3 Å². The molecule has 0 atom stereocenters. The molecule has 1 fully saturated rings. The summed E-state index contributed by atoms with van der Waals surface area (Å²) in [5.41, 5.74) is 2.75. The van der Waals surface area contributed by atoms with Crippen LogP contribution in [0.25, 0.3) is 16.9 Å². The van der Waals surface area contributed by atoms with Gasteiger partial charge in [-0.15, -0.1) is 5.10 Å². The summed E-state index contributed by atoms with van der Waals surface area (Å²) >= 11 is 0. The molecule has 2 aromatic heterocycles. The van der Waals surface area contributed by atoms with E-state index in [0.29, 0.717) is 6.04 Å². The van der Waals surface area contributed by atoms with Crippen molar-refractivity contribution >= 4 is 11.5 Å². The number of methoxy groups -OCH3 is 1. The normalized spacial score (nSPS) is 20.6. The average molecular weight is 338 g/mol. The lowest BCUT2D eigenvalue weighted by Crippen LogP contribution is -2.28. The first kappa shape index (κ1) is 15.9. The number of aliphatic hydroxyl groups excluding tert-OH is 1. The molecule has 1 aromatic carbocycles. The van der Waals surface area contributed by atoms with Crippen LogP contribution in [0.15, 0.2) is 42.6 Å². The van der Waals surface area contributed by atoms with Crippen molar-refractivity contribution < 1.29 is 9.84 Å². The fourth-order valence-corrected chi connectivity index (χ4v) is 3.36. The van der Waals surface area contributed by atoms with Crippen molar-refractivity contribution in [3.63, 3.8) is 0 Å². The van der Waals surface area contributed by atoms with Gasteiger partial charge in [-0.3, -0.25) is 0 Å². The minimum absolute atomic E-state index is 0.151. The number of ether oxygens (including phenoxy) is 1. The quantitative estimate of drug-likeness (QED) is 0.765. The highest BCUT2D eigenvalue weighted by Gasteiger charge is 2.19. The number of hydrogen-bond acceptors (Lipinski definition) is 5. The maximum atomic E-state index is 9.65. The maximum Gasteiger partial charge on any atom is 0.154 e. The lowest BCUT2D eigenvalue weighted by molar-refractivity contribution is 0.126. The molecule has 0 saturated heterocycles. The van der Waals surface area contributed by atoms with Gasteiger partial charge < -0.3 is 15.2 Å². The molecule has 0 amide bonds. The summed E-state index contributed by atoms with van der Waals surface area (Å²) < 4.78 is 7.17. The lowest BCUT2D eigenvalue weighted by Gasteiger charge is -2.26. The second-order valence-corrected chi connectivity index (χ2v) is 6.51. The Kier molecular flexibility index (Phi) is 4.28. The van der Waals surface area contributed by atoms with E-state index in [-0.39, 0.29) is 6.10 Å². The molecule has 130 valence electrons. The van der Waals surface area contributed by atoms with Crippen LogP contribution >= 0.6 is 0 Å². The topological polar surface area (TPSA) is 71.7 Å². The van der Waals surface area contributed by atoms with E-state index in [1.54, 1.807) is 7.11 Å². The van der Waals surface area contributed by atoms with E-state index in [1.807, 2.05) is 47.1 Å². The molecular formula is C19H22N4O2. The number of imidazole rings is 1. The molecule has 1 saturated carbocycles. The van der Waals surface area contributed by atoms with E-state index in [4.69, 9.17) is 9.84 Å². The minimum atomic E-state index is -0.151. The standard InChI is InChI=1S/C19H22N4O2/c1-25-16-4-2-3-13(11-16)17-12-20-19-10-9-18(22-23(17)19)21-14-5-7-15(24)8-6-14/h2-4,9-12,14-15,24H,5-8H2,1H3,(H,21,22). The first-order valence-corrected chi connectivity index (χ1v) is 8.67. The van der Waals surface area contributed by atoms with Crippen LogP contribution in [-0.4, -0.2) is 39.0 Å². The Balaban J connectivity index is 1.63. The van der Waals surface area contributed by atoms with Crippen molar-refractivity contribution in [2.75, 3.05) is 12.4 Å². The lowest BCUT2D eigenvalue weighted by atomic mass is 9.93. The van der Waals surface area contributed by atoms with Gasteiger partial charge in [0.05, 0.1) is 25.1 Å². The highest BCUT2D eigenvalue weighted by atomic mass is 16.5. The molecule has 2 heterocycles. The van der Waals surface area contributed by atoms with Crippen LogP contribution < -0.4 is 10.1 Å². The minimum Gasteiger partial charge on any atom is -0.497 e. The maximum absolute atomic E-state index is 9.65. The third-order valence-corrected chi connectivity index (χ3v) is 4.78. The van der Waals surface area contributed by atoms with Crippen LogP contribution in [0.2, 0.25) is 0 Å². The van der Waals surface area contributed by atoms with Crippen molar-refractivity contribution in [3.8, 4) is 17.0 Å². The van der Waals surface area contributed by atoms with Crippen LogP contribution in [0.3, 0.4) is 0 Å². The van der Waals surface area contributed by atoms with Crippen molar-refractivity contribution in [1.29, 1.82) is 0 Å². The van der Waals surface area contributed by atoms with Crippen molar-refractivity contribution in [2.24, 2.45) is 0 Å². The summed E-state index contributed by atoms with van der Waals surface area (Å²) in [4.78, 5) is 4.45. The first-order chi connectivity index (χ1) is 12.2. The number of rotatable bonds is 4. The molecule has 25 heavy (non-hydrogen) atoms. The molecule has 1 aliphatic rings. The van der Waals surface area contributed by atoms with E-state index in [1.165, 1.54) is 0 Å². The molecule has 2 N–H and O–H groups in total. The number of benzene rings is 1. The van der Waals surface area contributed by atoms with E-state index in [9.17, 15) is 5.11 Å². The van der Waals surface area contributed by atoms with Crippen LogP contribution in [0.1, 0.15) is 25.7 Å². The number of fused-ring (bicyclic) bond motifs is 1. The molecular weight excluding hydrogens is 316 g/mol. The van der Waals surface area contributed by atoms with Crippen LogP contribution in [0, 0.1) is 0 Å². The Hall–Kier alpha value is -2.60. The number of hydrogen-bond donors (Lipinski definition) is 2. The molecule has 4 rings (SSSR count). The third-order valence-electron chi connectivity index (χ3n) is 4.78. The van der Waals surface area contributed by atoms with E-state index in [0.717, 1.165) is 54.2 Å². The molecule has 0 bridgehead atoms. The number of nitrogens with one attached hydrogen (secondary N) is 1. The van der Waals surface area contributed by atoms with Gasteiger partial charge in [-0.1, -0.05) is 12.1 Å². The summed E-state index contributed by atoms with van der Waals surface area (Å²) in [6, 6.07) is 12.2. The van der Waals surface area contributed by atoms with Gasteiger partial charge in [0, 0.05) is 11.6 Å². The summed E-state index contributed by atoms with van der Waals surface area (Å²) in [5.74, 6) is 1.64. The van der Waals surface area contributed by atoms with Crippen LogP contribution in [-0.2, 0) is 0 Å². The van der Waals surface area contributed by atoms with Gasteiger partial charge in [-0.2, -0.15) is 0 Å². The third kappa shape index (κ3) is 3.30. The zero-order valence-electron chi connectivity index (χ0n) is 14.2. The first-order valence-electron chi connectivity index (χ1n) is 8.67. The Morgan fingerprint density at radius 3 is 2.80 bits per heavy atom. The zero-order chi connectivity index (χ0) is 17.2. The molecule has 0 spiro atoms. The Morgan fingerprint density at radius 2 is 2.00 bits per heavy atom. The summed E-state index contributed by atoms with van der Waals surface area (Å²) in [5, 5.41) is 17.9. The number of nitrogens with zero attached hydrogens (tertiary/aromatic N) is 3. The van der Waals surface area contributed by atoms with Crippen LogP contribution in [0.4, 0.5) is 5.82 Å². The van der Waals surface area contributed by atoms with Gasteiger partial charge >= 0.3 is 0 Å². The summed E-state index contributed by atoms with van der Waals surface area (Å²) in [6.45, 7) is 0. The predicted molar refractivity (Wildman–Crippen MR) is 96.9 cm³/mol. The SMILES string of the molecule is COc1cccc(-c2cnc3ccc(NC4CCC(O)CC4)nn23)c1. The average Bonchev–Trinajstić information content (AvgIpc) is 3.07. The summed E-state index contributed by atoms with van der Waals surface area (Å²) in [6.07, 6.45) is 5.31. The number of anilines is 1. The number of aliphatic hydroxyl groups is 1. The predicted octanol–water partition coefficient (Wildman–Crippen LogP) is 3.12. The van der Waals surface area contributed by atoms with Gasteiger partial charge in [-0.05, 0) is 49.9 Å². The summed E-state index contributed by atoms with van der Waals surface area (Å²) in [7, 11) is 1.66. The smallest absolute Gasteiger partial charge is 0.154 e. The van der Waals surface area contributed by atoms with Crippen molar-refractivity contribution in [3.05, 3.63) is 42.6 Å². The van der Waals surface area contributed by atoms with Gasteiger partial charge in [0.2, 0.25) is 0 Å². The van der Waals surface area contributed by atoms with Gasteiger partial charge in [0.15, 0.2) is 5.65 Å². The largest absolute Gasteiger partial charge is 0.497 e. The van der Waals surface area contributed by atoms with Gasteiger partial charge in [0.25, 0.3) is 0 Å². The van der Waals surface area contributed by atoms with Gasteiger partial charge in [0.1, 0.15) is 11.6 Å². The molecule has 0 aliphatic heterocycles. The Bertz CT molecular complexity index is 869. The molecule has 6 nitrogen and oxygen atoms in total. The molecule has 0 unspecified atom stereocenters. The molecule has 3 aromatic rings.